The number of likely N-dealkylation sites (N-methyl/N-ethyl adjacent to an activating group) is 1. The van der Waals surface area contributed by atoms with Crippen molar-refractivity contribution in [3.63, 3.8) is 0 Å². The highest BCUT2D eigenvalue weighted by Crippen LogP contribution is 2.14. The van der Waals surface area contributed by atoms with Gasteiger partial charge in [0.15, 0.2) is 0 Å². The number of aliphatic hydroxyl groups excluding tert-OH is 1. The zero-order valence-corrected chi connectivity index (χ0v) is 9.53. The van der Waals surface area contributed by atoms with E-state index in [9.17, 15) is 13.9 Å². The summed E-state index contributed by atoms with van der Waals surface area (Å²) in [7, 11) is 1.57. The molecule has 0 aliphatic carbocycles. The number of benzene rings is 1. The first-order chi connectivity index (χ1) is 7.49. The first-order valence-electron chi connectivity index (χ1n) is 5.20. The maximum atomic E-state index is 12.1. The van der Waals surface area contributed by atoms with E-state index < -0.39 is 12.5 Å². The molecule has 1 unspecified atom stereocenters. The summed E-state index contributed by atoms with van der Waals surface area (Å²) in [5, 5.41) is 9.81. The van der Waals surface area contributed by atoms with Crippen LogP contribution < -0.4 is 0 Å². The van der Waals surface area contributed by atoms with Crippen LogP contribution in [0, 0.1) is 6.92 Å². The normalized spacial score (nSPS) is 13.4. The Balaban J connectivity index is 2.51. The Hall–Kier alpha value is -1.00. The lowest BCUT2D eigenvalue weighted by Crippen LogP contribution is -2.29. The zero-order chi connectivity index (χ0) is 12.1. The van der Waals surface area contributed by atoms with Gasteiger partial charge in [-0.25, -0.2) is 8.78 Å². The molecule has 0 fully saturated rings. The fourth-order valence-corrected chi connectivity index (χ4v) is 1.50. The van der Waals surface area contributed by atoms with Gasteiger partial charge in [0.2, 0.25) is 0 Å². The highest BCUT2D eigenvalue weighted by molar-refractivity contribution is 5.23. The summed E-state index contributed by atoms with van der Waals surface area (Å²) in [5.74, 6) is 0. The third kappa shape index (κ3) is 4.24. The molecule has 0 saturated carbocycles. The van der Waals surface area contributed by atoms with Crippen LogP contribution in [0.4, 0.5) is 8.78 Å². The quantitative estimate of drug-likeness (QED) is 0.837. The molecule has 0 radical (unpaired) electrons. The molecule has 1 aromatic rings. The van der Waals surface area contributed by atoms with Crippen molar-refractivity contribution in [2.75, 3.05) is 20.1 Å². The van der Waals surface area contributed by atoms with Crippen molar-refractivity contribution in [3.05, 3.63) is 35.4 Å². The topological polar surface area (TPSA) is 23.5 Å². The van der Waals surface area contributed by atoms with Crippen molar-refractivity contribution in [2.45, 2.75) is 19.5 Å². The summed E-state index contributed by atoms with van der Waals surface area (Å²) in [4.78, 5) is 1.43. The fourth-order valence-electron chi connectivity index (χ4n) is 1.50. The number of rotatable bonds is 5. The predicted molar refractivity (Wildman–Crippen MR) is 59.6 cm³/mol. The van der Waals surface area contributed by atoms with E-state index in [1.54, 1.807) is 7.05 Å². The lowest BCUT2D eigenvalue weighted by Gasteiger charge is -2.20. The summed E-state index contributed by atoms with van der Waals surface area (Å²) in [5.41, 5.74) is 1.86. The third-order valence-electron chi connectivity index (χ3n) is 2.40. The van der Waals surface area contributed by atoms with E-state index in [1.165, 1.54) is 4.90 Å². The van der Waals surface area contributed by atoms with Crippen LogP contribution in [0.25, 0.3) is 0 Å². The predicted octanol–water partition coefficient (Wildman–Crippen LogP) is 2.23. The monoisotopic (exact) mass is 229 g/mol. The second-order valence-electron chi connectivity index (χ2n) is 4.04. The molecule has 0 aliphatic heterocycles. The molecule has 0 amide bonds. The van der Waals surface area contributed by atoms with Gasteiger partial charge in [-0.15, -0.1) is 0 Å². The van der Waals surface area contributed by atoms with Gasteiger partial charge in [-0.05, 0) is 19.5 Å². The minimum atomic E-state index is -2.37. The number of aliphatic hydroxyl groups is 1. The molecule has 0 aromatic heterocycles. The van der Waals surface area contributed by atoms with Crippen LogP contribution in [-0.4, -0.2) is 36.6 Å². The standard InChI is InChI=1S/C12H17F2NO/c1-9-3-5-10(6-4-9)11(16)7-15(2)8-12(13)14/h3-6,11-12,16H,7-8H2,1-2H3. The van der Waals surface area contributed by atoms with Crippen LogP contribution in [0.5, 0.6) is 0 Å². The number of halogens is 2. The van der Waals surface area contributed by atoms with Gasteiger partial charge in [0.05, 0.1) is 12.6 Å². The lowest BCUT2D eigenvalue weighted by molar-refractivity contribution is 0.0680. The van der Waals surface area contributed by atoms with Crippen LogP contribution in [0.1, 0.15) is 17.2 Å². The number of alkyl halides is 2. The minimum absolute atomic E-state index is 0.216. The Labute approximate surface area is 94.5 Å². The fraction of sp³-hybridized carbons (Fsp3) is 0.500. The van der Waals surface area contributed by atoms with E-state index in [4.69, 9.17) is 0 Å². The van der Waals surface area contributed by atoms with Crippen molar-refractivity contribution >= 4 is 0 Å². The number of hydrogen-bond donors (Lipinski definition) is 1. The van der Waals surface area contributed by atoms with Gasteiger partial charge in [-0.2, -0.15) is 0 Å². The number of nitrogens with zero attached hydrogens (tertiary/aromatic N) is 1. The van der Waals surface area contributed by atoms with E-state index in [0.29, 0.717) is 0 Å². The first kappa shape index (κ1) is 13.1. The van der Waals surface area contributed by atoms with Crippen LogP contribution in [0.2, 0.25) is 0 Å². The van der Waals surface area contributed by atoms with Gasteiger partial charge in [0, 0.05) is 6.54 Å². The van der Waals surface area contributed by atoms with Crippen LogP contribution in [0.15, 0.2) is 24.3 Å². The SMILES string of the molecule is Cc1ccc(C(O)CN(C)CC(F)F)cc1. The van der Waals surface area contributed by atoms with E-state index in [1.807, 2.05) is 31.2 Å². The highest BCUT2D eigenvalue weighted by atomic mass is 19.3. The lowest BCUT2D eigenvalue weighted by atomic mass is 10.1. The Kier molecular flexibility index (Phi) is 4.83. The molecular weight excluding hydrogens is 212 g/mol. The Bertz CT molecular complexity index is 313. The summed E-state index contributed by atoms with van der Waals surface area (Å²) < 4.78 is 24.1. The van der Waals surface area contributed by atoms with Crippen molar-refractivity contribution in [1.29, 1.82) is 0 Å². The molecule has 1 atom stereocenters. The van der Waals surface area contributed by atoms with Gasteiger partial charge >= 0.3 is 0 Å². The molecular formula is C12H17F2NO. The smallest absolute Gasteiger partial charge is 0.251 e. The van der Waals surface area contributed by atoms with Crippen molar-refractivity contribution in [2.24, 2.45) is 0 Å². The summed E-state index contributed by atoms with van der Waals surface area (Å²) >= 11 is 0. The Morgan fingerprint density at radius 3 is 2.25 bits per heavy atom. The molecule has 0 saturated heterocycles. The molecule has 1 rings (SSSR count). The molecule has 2 nitrogen and oxygen atoms in total. The second-order valence-corrected chi connectivity index (χ2v) is 4.04. The summed E-state index contributed by atoms with van der Waals surface area (Å²) in [6.45, 7) is 1.86. The average molecular weight is 229 g/mol. The molecule has 90 valence electrons. The number of hydrogen-bond acceptors (Lipinski definition) is 2. The molecule has 0 spiro atoms. The van der Waals surface area contributed by atoms with Crippen LogP contribution >= 0.6 is 0 Å². The van der Waals surface area contributed by atoms with E-state index in [-0.39, 0.29) is 13.1 Å². The molecule has 0 heterocycles. The maximum absolute atomic E-state index is 12.1. The van der Waals surface area contributed by atoms with Crippen molar-refractivity contribution < 1.29 is 13.9 Å². The molecule has 1 N–H and O–H groups in total. The largest absolute Gasteiger partial charge is 0.387 e. The Morgan fingerprint density at radius 1 is 1.19 bits per heavy atom. The van der Waals surface area contributed by atoms with Gasteiger partial charge in [0.1, 0.15) is 0 Å². The minimum Gasteiger partial charge on any atom is -0.387 e. The van der Waals surface area contributed by atoms with Crippen LogP contribution in [0.3, 0.4) is 0 Å². The zero-order valence-electron chi connectivity index (χ0n) is 9.53. The van der Waals surface area contributed by atoms with Crippen molar-refractivity contribution in [3.8, 4) is 0 Å². The second kappa shape index (κ2) is 5.92. The van der Waals surface area contributed by atoms with E-state index in [2.05, 4.69) is 0 Å². The van der Waals surface area contributed by atoms with Gasteiger partial charge in [0.25, 0.3) is 6.43 Å². The molecule has 16 heavy (non-hydrogen) atoms. The first-order valence-corrected chi connectivity index (χ1v) is 5.20. The van der Waals surface area contributed by atoms with E-state index >= 15 is 0 Å². The molecule has 1 aromatic carbocycles. The van der Waals surface area contributed by atoms with Gasteiger partial charge in [-0.1, -0.05) is 29.8 Å². The van der Waals surface area contributed by atoms with Gasteiger partial charge < -0.3 is 5.11 Å². The van der Waals surface area contributed by atoms with E-state index in [0.717, 1.165) is 11.1 Å². The van der Waals surface area contributed by atoms with Crippen LogP contribution in [-0.2, 0) is 0 Å². The maximum Gasteiger partial charge on any atom is 0.251 e. The third-order valence-corrected chi connectivity index (χ3v) is 2.40. The van der Waals surface area contributed by atoms with Gasteiger partial charge in [-0.3, -0.25) is 4.90 Å². The average Bonchev–Trinajstić information content (AvgIpc) is 2.16. The number of aryl methyl sites for hydroxylation is 1. The van der Waals surface area contributed by atoms with Crippen molar-refractivity contribution in [1.82, 2.24) is 4.90 Å². The summed E-state index contributed by atoms with van der Waals surface area (Å²) in [6.07, 6.45) is -3.08. The Morgan fingerprint density at radius 2 is 1.75 bits per heavy atom. The summed E-state index contributed by atoms with van der Waals surface area (Å²) in [6, 6.07) is 7.42. The molecule has 4 heteroatoms. The molecule has 0 aliphatic rings. The highest BCUT2D eigenvalue weighted by Gasteiger charge is 2.13. The molecule has 0 bridgehead atoms.